The largest absolute Gasteiger partial charge is 0.351 e. The number of carbonyl (C=O) groups excluding carboxylic acids is 1. The molecule has 0 aliphatic carbocycles. The minimum atomic E-state index is -0.112. The van der Waals surface area contributed by atoms with Crippen molar-refractivity contribution in [2.45, 2.75) is 33.1 Å². The molecule has 0 saturated heterocycles. The predicted octanol–water partition coefficient (Wildman–Crippen LogP) is 2.76. The van der Waals surface area contributed by atoms with Crippen LogP contribution in [0.4, 0.5) is 0 Å². The van der Waals surface area contributed by atoms with Gasteiger partial charge >= 0.3 is 0 Å². The second-order valence-electron chi connectivity index (χ2n) is 4.39. The molecule has 0 heterocycles. The number of nitrogens with zero attached hydrogens (tertiary/aromatic N) is 1. The monoisotopic (exact) mass is 230 g/mol. The van der Waals surface area contributed by atoms with Gasteiger partial charge in [-0.1, -0.05) is 19.9 Å². The van der Waals surface area contributed by atoms with Gasteiger partial charge in [0.1, 0.15) is 0 Å². The minimum Gasteiger partial charge on any atom is -0.351 e. The van der Waals surface area contributed by atoms with Crippen LogP contribution in [0.3, 0.4) is 0 Å². The van der Waals surface area contributed by atoms with Crippen molar-refractivity contribution < 1.29 is 4.79 Å². The Morgan fingerprint density at radius 1 is 1.47 bits per heavy atom. The third kappa shape index (κ3) is 3.60. The zero-order valence-corrected chi connectivity index (χ0v) is 10.6. The van der Waals surface area contributed by atoms with Gasteiger partial charge in [0, 0.05) is 12.1 Å². The van der Waals surface area contributed by atoms with Crippen LogP contribution in [-0.2, 0) is 0 Å². The Balaban J connectivity index is 2.76. The van der Waals surface area contributed by atoms with Crippen LogP contribution in [0.2, 0.25) is 0 Å². The predicted molar refractivity (Wildman–Crippen MR) is 67.8 cm³/mol. The number of amides is 1. The molecule has 1 aromatic rings. The Hall–Kier alpha value is -1.82. The van der Waals surface area contributed by atoms with Gasteiger partial charge in [0.2, 0.25) is 0 Å². The average molecular weight is 230 g/mol. The normalized spacial score (nSPS) is 10.1. The van der Waals surface area contributed by atoms with Gasteiger partial charge in [0.05, 0.1) is 12.5 Å². The van der Waals surface area contributed by atoms with Crippen LogP contribution in [-0.4, -0.2) is 12.5 Å². The molecule has 0 fully saturated rings. The van der Waals surface area contributed by atoms with E-state index in [0.717, 1.165) is 5.56 Å². The van der Waals surface area contributed by atoms with E-state index in [4.69, 9.17) is 5.26 Å². The number of hydrogen-bond acceptors (Lipinski definition) is 2. The quantitative estimate of drug-likeness (QED) is 0.808. The van der Waals surface area contributed by atoms with Crippen molar-refractivity contribution in [3.8, 4) is 6.07 Å². The third-order valence-corrected chi connectivity index (χ3v) is 2.68. The van der Waals surface area contributed by atoms with Crippen molar-refractivity contribution in [2.75, 3.05) is 6.54 Å². The van der Waals surface area contributed by atoms with Gasteiger partial charge in [-0.15, -0.1) is 0 Å². The lowest BCUT2D eigenvalue weighted by molar-refractivity contribution is 0.0954. The first-order chi connectivity index (χ1) is 8.06. The topological polar surface area (TPSA) is 52.9 Å². The van der Waals surface area contributed by atoms with E-state index in [0.29, 0.717) is 24.4 Å². The second kappa shape index (κ2) is 6.05. The van der Waals surface area contributed by atoms with Crippen molar-refractivity contribution in [1.82, 2.24) is 5.32 Å². The Morgan fingerprint density at radius 2 is 2.18 bits per heavy atom. The molecular weight excluding hydrogens is 212 g/mol. The van der Waals surface area contributed by atoms with E-state index >= 15 is 0 Å². The highest BCUT2D eigenvalue weighted by molar-refractivity contribution is 5.94. The van der Waals surface area contributed by atoms with Crippen molar-refractivity contribution >= 4 is 5.91 Å². The van der Waals surface area contributed by atoms with E-state index in [-0.39, 0.29) is 5.91 Å². The number of hydrogen-bond donors (Lipinski definition) is 1. The molecule has 0 radical (unpaired) electrons. The number of rotatable bonds is 4. The van der Waals surface area contributed by atoms with Crippen LogP contribution in [0, 0.1) is 18.3 Å². The summed E-state index contributed by atoms with van der Waals surface area (Å²) in [5, 5.41) is 11.1. The molecule has 0 aromatic heterocycles. The average Bonchev–Trinajstić information content (AvgIpc) is 2.28. The first-order valence-corrected chi connectivity index (χ1v) is 5.82. The molecule has 3 heteroatoms. The lowest BCUT2D eigenvalue weighted by Gasteiger charge is -2.11. The fourth-order valence-corrected chi connectivity index (χ4v) is 1.80. The summed E-state index contributed by atoms with van der Waals surface area (Å²) in [5.74, 6) is 0.351. The van der Waals surface area contributed by atoms with E-state index < -0.39 is 0 Å². The summed E-state index contributed by atoms with van der Waals surface area (Å²) < 4.78 is 0. The summed E-state index contributed by atoms with van der Waals surface area (Å²) in [7, 11) is 0. The molecule has 0 aliphatic rings. The summed E-state index contributed by atoms with van der Waals surface area (Å²) in [5.41, 5.74) is 3.05. The number of carbonyl (C=O) groups is 1. The van der Waals surface area contributed by atoms with Crippen LogP contribution in [0.15, 0.2) is 18.2 Å². The van der Waals surface area contributed by atoms with Crippen molar-refractivity contribution in [2.24, 2.45) is 0 Å². The molecular formula is C14H18N2O. The number of nitriles is 1. The van der Waals surface area contributed by atoms with Crippen molar-refractivity contribution in [1.29, 1.82) is 5.26 Å². The summed E-state index contributed by atoms with van der Waals surface area (Å²) in [6, 6.07) is 7.73. The lowest BCUT2D eigenvalue weighted by atomic mass is 9.96. The maximum atomic E-state index is 11.7. The molecule has 1 N–H and O–H groups in total. The number of benzene rings is 1. The van der Waals surface area contributed by atoms with Gasteiger partial charge in [0.15, 0.2) is 0 Å². The van der Waals surface area contributed by atoms with Gasteiger partial charge in [-0.3, -0.25) is 4.79 Å². The first kappa shape index (κ1) is 13.2. The molecule has 0 atom stereocenters. The number of nitrogens with one attached hydrogen (secondary N) is 1. The van der Waals surface area contributed by atoms with E-state index in [9.17, 15) is 4.79 Å². The van der Waals surface area contributed by atoms with E-state index in [1.165, 1.54) is 5.56 Å². The SMILES string of the molecule is Cc1cc(C(=O)NCCC#N)ccc1C(C)C. The van der Waals surface area contributed by atoms with Crippen molar-refractivity contribution in [3.63, 3.8) is 0 Å². The molecule has 0 spiro atoms. The molecule has 1 aromatic carbocycles. The van der Waals surface area contributed by atoms with Crippen LogP contribution < -0.4 is 5.32 Å². The zero-order chi connectivity index (χ0) is 12.8. The molecule has 90 valence electrons. The van der Waals surface area contributed by atoms with Gasteiger partial charge in [-0.25, -0.2) is 0 Å². The molecule has 1 amide bonds. The standard InChI is InChI=1S/C14H18N2O/c1-10(2)13-6-5-12(9-11(13)3)14(17)16-8-4-7-15/h5-6,9-10H,4,8H2,1-3H3,(H,16,17). The molecule has 3 nitrogen and oxygen atoms in total. The van der Waals surface area contributed by atoms with Crippen LogP contribution in [0.1, 0.15) is 47.7 Å². The van der Waals surface area contributed by atoms with Crippen LogP contribution in [0.25, 0.3) is 0 Å². The van der Waals surface area contributed by atoms with Crippen molar-refractivity contribution in [3.05, 3.63) is 34.9 Å². The molecule has 0 unspecified atom stereocenters. The van der Waals surface area contributed by atoms with Gasteiger partial charge in [-0.05, 0) is 36.1 Å². The maximum absolute atomic E-state index is 11.7. The molecule has 17 heavy (non-hydrogen) atoms. The Bertz CT molecular complexity index is 444. The van der Waals surface area contributed by atoms with Crippen LogP contribution >= 0.6 is 0 Å². The maximum Gasteiger partial charge on any atom is 0.251 e. The second-order valence-corrected chi connectivity index (χ2v) is 4.39. The van der Waals surface area contributed by atoms with Crippen LogP contribution in [0.5, 0.6) is 0 Å². The summed E-state index contributed by atoms with van der Waals surface area (Å²) in [6.07, 6.45) is 0.342. The number of aryl methyl sites for hydroxylation is 1. The summed E-state index contributed by atoms with van der Waals surface area (Å²) >= 11 is 0. The summed E-state index contributed by atoms with van der Waals surface area (Å²) in [6.45, 7) is 6.69. The first-order valence-electron chi connectivity index (χ1n) is 5.82. The summed E-state index contributed by atoms with van der Waals surface area (Å²) in [4.78, 5) is 11.7. The highest BCUT2D eigenvalue weighted by Gasteiger charge is 2.08. The van der Waals surface area contributed by atoms with E-state index in [1.54, 1.807) is 0 Å². The molecule has 0 saturated carbocycles. The zero-order valence-electron chi connectivity index (χ0n) is 10.6. The Kier molecular flexibility index (Phi) is 4.71. The van der Waals surface area contributed by atoms with E-state index in [2.05, 4.69) is 19.2 Å². The lowest BCUT2D eigenvalue weighted by Crippen LogP contribution is -2.24. The highest BCUT2D eigenvalue weighted by Crippen LogP contribution is 2.19. The molecule has 0 bridgehead atoms. The minimum absolute atomic E-state index is 0.112. The molecule has 0 aliphatic heterocycles. The van der Waals surface area contributed by atoms with Gasteiger partial charge in [0.25, 0.3) is 5.91 Å². The van der Waals surface area contributed by atoms with Gasteiger partial charge < -0.3 is 5.32 Å². The van der Waals surface area contributed by atoms with E-state index in [1.807, 2.05) is 31.2 Å². The smallest absolute Gasteiger partial charge is 0.251 e. The van der Waals surface area contributed by atoms with Gasteiger partial charge in [-0.2, -0.15) is 5.26 Å². The Labute approximate surface area is 102 Å². The fourth-order valence-electron chi connectivity index (χ4n) is 1.80. The highest BCUT2D eigenvalue weighted by atomic mass is 16.1. The fraction of sp³-hybridized carbons (Fsp3) is 0.429. The molecule has 1 rings (SSSR count). The third-order valence-electron chi connectivity index (χ3n) is 2.68. The Morgan fingerprint density at radius 3 is 2.71 bits per heavy atom.